The fourth-order valence-corrected chi connectivity index (χ4v) is 12.2. The summed E-state index contributed by atoms with van der Waals surface area (Å²) in [5.41, 5.74) is 32.3. The Kier molecular flexibility index (Phi) is 12.5. The maximum atomic E-state index is 6.99. The molecular formula is C76H60N4. The van der Waals surface area contributed by atoms with Gasteiger partial charge in [-0.3, -0.25) is 0 Å². The molecule has 0 atom stereocenters. The van der Waals surface area contributed by atoms with Crippen LogP contribution in [-0.4, -0.2) is 11.7 Å². The Labute approximate surface area is 470 Å². The van der Waals surface area contributed by atoms with Crippen LogP contribution in [-0.2, 0) is 10.8 Å². The average molecular weight is 1030 g/mol. The van der Waals surface area contributed by atoms with Crippen LogP contribution >= 0.6 is 0 Å². The van der Waals surface area contributed by atoms with Crippen LogP contribution in [0.15, 0.2) is 283 Å². The summed E-state index contributed by atoms with van der Waals surface area (Å²) in [4.78, 5) is 12.8. The summed E-state index contributed by atoms with van der Waals surface area (Å²) in [5.74, 6) is 0.821. The monoisotopic (exact) mass is 1030 g/mol. The number of rotatable bonds is 11. The number of benzene rings is 11. The summed E-state index contributed by atoms with van der Waals surface area (Å²) in [7, 11) is 0. The molecule has 0 saturated heterocycles. The van der Waals surface area contributed by atoms with Crippen molar-refractivity contribution in [3.63, 3.8) is 0 Å². The van der Waals surface area contributed by atoms with Gasteiger partial charge in [0.1, 0.15) is 5.84 Å². The Morgan fingerprint density at radius 3 is 1.46 bits per heavy atom. The maximum Gasteiger partial charge on any atom is 0.162 e. The Balaban J connectivity index is 0.896. The minimum atomic E-state index is -0.164. The molecular weight excluding hydrogens is 969 g/mol. The third kappa shape index (κ3) is 8.95. The molecule has 2 aliphatic rings. The average Bonchev–Trinajstić information content (AvgIpc) is 3.73. The van der Waals surface area contributed by atoms with Crippen molar-refractivity contribution >= 4 is 34.4 Å². The number of amidine groups is 2. The number of hydrogen-bond donors (Lipinski definition) is 1. The Morgan fingerprint density at radius 2 is 0.787 bits per heavy atom. The Bertz CT molecular complexity index is 4270. The second kappa shape index (κ2) is 20.2. The minimum absolute atomic E-state index is 0.155. The Hall–Kier alpha value is -9.90. The minimum Gasteiger partial charge on any atom is -0.383 e. The van der Waals surface area contributed by atoms with Crippen LogP contribution < -0.4 is 10.6 Å². The molecule has 0 fully saturated rings. The zero-order valence-corrected chi connectivity index (χ0v) is 45.5. The molecule has 0 bridgehead atoms. The van der Waals surface area contributed by atoms with E-state index in [4.69, 9.17) is 15.7 Å². The molecule has 11 aromatic carbocycles. The van der Waals surface area contributed by atoms with E-state index in [2.05, 4.69) is 251 Å². The zero-order chi connectivity index (χ0) is 54.5. The topological polar surface area (TPSA) is 54.0 Å². The van der Waals surface area contributed by atoms with E-state index in [1.807, 2.05) is 54.6 Å². The van der Waals surface area contributed by atoms with E-state index in [-0.39, 0.29) is 10.8 Å². The first kappa shape index (κ1) is 49.7. The van der Waals surface area contributed by atoms with E-state index >= 15 is 0 Å². The van der Waals surface area contributed by atoms with Gasteiger partial charge < -0.3 is 10.6 Å². The third-order valence-corrected chi connectivity index (χ3v) is 16.4. The van der Waals surface area contributed by atoms with Gasteiger partial charge in [0.05, 0.1) is 11.4 Å². The maximum absolute atomic E-state index is 6.99. The van der Waals surface area contributed by atoms with Crippen molar-refractivity contribution in [1.29, 1.82) is 0 Å². The molecule has 0 aromatic heterocycles. The molecule has 0 amide bonds. The van der Waals surface area contributed by atoms with Crippen LogP contribution in [0.5, 0.6) is 0 Å². The summed E-state index contributed by atoms with van der Waals surface area (Å²) in [5, 5.41) is 0. The highest BCUT2D eigenvalue weighted by Crippen LogP contribution is 2.56. The molecule has 13 rings (SSSR count). The second-order valence-electron chi connectivity index (χ2n) is 22.1. The van der Waals surface area contributed by atoms with Gasteiger partial charge in [-0.15, -0.1) is 0 Å². The molecule has 4 nitrogen and oxygen atoms in total. The van der Waals surface area contributed by atoms with Gasteiger partial charge in [-0.2, -0.15) is 0 Å². The molecule has 0 saturated carbocycles. The summed E-state index contributed by atoms with van der Waals surface area (Å²) in [6.07, 6.45) is 0. The lowest BCUT2D eigenvalue weighted by atomic mass is 9.82. The standard InChI is InChI=1S/C76H60N4/c1-50(53-26-16-27-54(44-53)51-22-8-6-9-23-51)78-74(79-73(77)60-33-18-28-55(46-60)52-24-10-7-11-25-52)61-34-19-31-58(47-61)56-29-17-30-57(45-56)59-32-20-35-62(48-59)80(63-42-43-65-64-36-12-14-38-67(64)76(4,5)70(65)49-63)71-41-21-40-69-72(71)66-37-13-15-39-68(66)75(69,2)3/h6-49H,1H2,2-5H3,(H2,77,78,79). The van der Waals surface area contributed by atoms with Gasteiger partial charge in [0.25, 0.3) is 0 Å². The van der Waals surface area contributed by atoms with Crippen molar-refractivity contribution < 1.29 is 0 Å². The first-order valence-electron chi connectivity index (χ1n) is 27.5. The van der Waals surface area contributed by atoms with Gasteiger partial charge in [-0.1, -0.05) is 247 Å². The zero-order valence-electron chi connectivity index (χ0n) is 45.5. The summed E-state index contributed by atoms with van der Waals surface area (Å²) in [6.45, 7) is 13.9. The first-order chi connectivity index (χ1) is 39.0. The third-order valence-electron chi connectivity index (χ3n) is 16.4. The largest absolute Gasteiger partial charge is 0.383 e. The van der Waals surface area contributed by atoms with Crippen LogP contribution in [0.4, 0.5) is 17.1 Å². The van der Waals surface area contributed by atoms with E-state index in [1.54, 1.807) is 0 Å². The number of nitrogens with two attached hydrogens (primary N) is 1. The predicted molar refractivity (Wildman–Crippen MR) is 337 cm³/mol. The lowest BCUT2D eigenvalue weighted by molar-refractivity contribution is 0.660. The van der Waals surface area contributed by atoms with E-state index in [1.165, 1.54) is 44.5 Å². The SMILES string of the molecule is C=C(/N=C(\N=C(/N)c1cccc(-c2ccccc2)c1)c1cccc(-c2cccc(-c3cccc(N(c4ccc5c(c4)C(C)(C)c4ccccc4-5)c4cccc5c4-c4ccccc4C5(C)C)c3)c2)c1)c1cccc(-c2ccccc2)c1. The predicted octanol–water partition coefficient (Wildman–Crippen LogP) is 19.3. The van der Waals surface area contributed by atoms with Crippen molar-refractivity contribution in [3.8, 4) is 66.8 Å². The fraction of sp³-hybridized carbons (Fsp3) is 0.0789. The smallest absolute Gasteiger partial charge is 0.162 e. The van der Waals surface area contributed by atoms with Crippen LogP contribution in [0, 0.1) is 0 Å². The lowest BCUT2D eigenvalue weighted by Crippen LogP contribution is -2.17. The molecule has 80 heavy (non-hydrogen) atoms. The van der Waals surface area contributed by atoms with Crippen LogP contribution in [0.1, 0.15) is 66.6 Å². The van der Waals surface area contributed by atoms with Gasteiger partial charge in [0, 0.05) is 44.5 Å². The van der Waals surface area contributed by atoms with E-state index in [0.717, 1.165) is 78.3 Å². The number of hydrogen-bond acceptors (Lipinski definition) is 2. The van der Waals surface area contributed by atoms with Crippen LogP contribution in [0.25, 0.3) is 72.5 Å². The molecule has 0 radical (unpaired) electrons. The molecule has 0 heterocycles. The van der Waals surface area contributed by atoms with Crippen molar-refractivity contribution in [2.75, 3.05) is 4.90 Å². The highest BCUT2D eigenvalue weighted by Gasteiger charge is 2.39. The molecule has 2 aliphatic carbocycles. The van der Waals surface area contributed by atoms with Crippen LogP contribution in [0.2, 0.25) is 0 Å². The summed E-state index contributed by atoms with van der Waals surface area (Å²) in [6, 6.07) is 95.2. The number of nitrogens with zero attached hydrogens (tertiary/aromatic N) is 3. The van der Waals surface area contributed by atoms with Crippen molar-refractivity contribution in [3.05, 3.63) is 312 Å². The molecule has 0 aliphatic heterocycles. The van der Waals surface area contributed by atoms with Crippen molar-refractivity contribution in [2.45, 2.75) is 38.5 Å². The van der Waals surface area contributed by atoms with Crippen molar-refractivity contribution in [2.24, 2.45) is 15.7 Å². The van der Waals surface area contributed by atoms with Crippen molar-refractivity contribution in [1.82, 2.24) is 0 Å². The normalized spacial score (nSPS) is 13.7. The van der Waals surface area contributed by atoms with E-state index in [0.29, 0.717) is 17.4 Å². The molecule has 4 heteroatoms. The number of anilines is 3. The van der Waals surface area contributed by atoms with E-state index in [9.17, 15) is 0 Å². The summed E-state index contributed by atoms with van der Waals surface area (Å²) >= 11 is 0. The highest BCUT2D eigenvalue weighted by atomic mass is 15.1. The highest BCUT2D eigenvalue weighted by molar-refractivity contribution is 6.13. The molecule has 384 valence electrons. The quantitative estimate of drug-likeness (QED) is 0.104. The van der Waals surface area contributed by atoms with Gasteiger partial charge in [0.2, 0.25) is 0 Å². The fourth-order valence-electron chi connectivity index (χ4n) is 12.2. The van der Waals surface area contributed by atoms with Gasteiger partial charge in [-0.25, -0.2) is 9.98 Å². The number of fused-ring (bicyclic) bond motifs is 6. The second-order valence-corrected chi connectivity index (χ2v) is 22.1. The number of aliphatic imine (C=N–C) groups is 2. The lowest BCUT2D eigenvalue weighted by Gasteiger charge is -2.30. The van der Waals surface area contributed by atoms with Gasteiger partial charge in [-0.05, 0) is 138 Å². The van der Waals surface area contributed by atoms with E-state index < -0.39 is 0 Å². The Morgan fingerprint density at radius 1 is 0.350 bits per heavy atom. The molecule has 0 spiro atoms. The summed E-state index contributed by atoms with van der Waals surface area (Å²) < 4.78 is 0. The molecule has 2 N–H and O–H groups in total. The first-order valence-corrected chi connectivity index (χ1v) is 27.5. The van der Waals surface area contributed by atoms with Gasteiger partial charge >= 0.3 is 0 Å². The molecule has 11 aromatic rings. The van der Waals surface area contributed by atoms with Crippen LogP contribution in [0.3, 0.4) is 0 Å². The van der Waals surface area contributed by atoms with Gasteiger partial charge in [0.15, 0.2) is 5.84 Å². The molecule has 0 unspecified atom stereocenters.